The molecule has 1 amide bonds. The number of carboxylic acid groups (broad SMARTS) is 1. The number of pyridine rings is 1. The van der Waals surface area contributed by atoms with E-state index in [0.29, 0.717) is 22.5 Å². The quantitative estimate of drug-likeness (QED) is 0.208. The first-order valence-corrected chi connectivity index (χ1v) is 17.5. The van der Waals surface area contributed by atoms with Crippen molar-refractivity contribution in [2.45, 2.75) is 83.1 Å². The lowest BCUT2D eigenvalue weighted by molar-refractivity contribution is -0.141. The Hall–Kier alpha value is -1.63. The van der Waals surface area contributed by atoms with E-state index in [1.165, 1.54) is 12.0 Å². The summed E-state index contributed by atoms with van der Waals surface area (Å²) in [5.41, 5.74) is -1.27. The van der Waals surface area contributed by atoms with Crippen LogP contribution in [0.2, 0.25) is 25.7 Å². The molecule has 9 nitrogen and oxygen atoms in total. The molecule has 0 saturated heterocycles. The molecular weight excluding hydrogens is 578 g/mol. The van der Waals surface area contributed by atoms with E-state index in [2.05, 4.69) is 40.6 Å². The van der Waals surface area contributed by atoms with E-state index in [-0.39, 0.29) is 11.9 Å². The van der Waals surface area contributed by atoms with Gasteiger partial charge in [0.1, 0.15) is 17.1 Å². The number of carbonyl (C=O) groups excluding carboxylic acids is 1. The number of aliphatic imine (C=N–C) groups is 1. The number of carbonyl (C=O) groups is 2. The highest BCUT2D eigenvalue weighted by atomic mass is 79.9. The largest absolute Gasteiger partial charge is 0.481 e. The van der Waals surface area contributed by atoms with Gasteiger partial charge in [-0.25, -0.2) is 14.7 Å². The van der Waals surface area contributed by atoms with Gasteiger partial charge in [-0.3, -0.25) is 9.79 Å². The van der Waals surface area contributed by atoms with E-state index < -0.39 is 41.9 Å². The lowest BCUT2D eigenvalue weighted by Crippen LogP contribution is -2.55. The van der Waals surface area contributed by atoms with E-state index in [9.17, 15) is 14.7 Å². The van der Waals surface area contributed by atoms with Gasteiger partial charge in [0, 0.05) is 36.8 Å². The normalized spacial score (nSPS) is 24.3. The first kappa shape index (κ1) is 31.6. The third kappa shape index (κ3) is 7.70. The van der Waals surface area contributed by atoms with Crippen LogP contribution in [-0.2, 0) is 19.8 Å². The number of hydrogen-bond acceptors (Lipinski definition) is 8. The van der Waals surface area contributed by atoms with Gasteiger partial charge in [-0.05, 0) is 62.7 Å². The Morgan fingerprint density at radius 3 is 2.41 bits per heavy atom. The molecule has 3 atom stereocenters. The Kier molecular flexibility index (Phi) is 9.92. The van der Waals surface area contributed by atoms with E-state index >= 15 is 0 Å². The molecule has 0 bridgehead atoms. The maximum Gasteiger partial charge on any atom is 0.418 e. The average molecular weight is 619 g/mol. The third-order valence-corrected chi connectivity index (χ3v) is 9.93. The zero-order valence-electron chi connectivity index (χ0n) is 23.5. The number of amides is 1. The molecule has 0 saturated carbocycles. The molecule has 2 rings (SSSR count). The van der Waals surface area contributed by atoms with Crippen LogP contribution in [0.4, 0.5) is 4.79 Å². The van der Waals surface area contributed by atoms with Crippen LogP contribution in [0.15, 0.2) is 21.7 Å². The Bertz CT molecular complexity index is 1040. The summed E-state index contributed by atoms with van der Waals surface area (Å²) in [6.45, 7) is 17.7. The van der Waals surface area contributed by atoms with Gasteiger partial charge in [0.2, 0.25) is 5.88 Å². The summed E-state index contributed by atoms with van der Waals surface area (Å²) in [7, 11) is 0.143. The van der Waals surface area contributed by atoms with Gasteiger partial charge < -0.3 is 19.3 Å². The predicted octanol–water partition coefficient (Wildman–Crippen LogP) is 6.20. The highest BCUT2D eigenvalue weighted by molar-refractivity contribution is 9.10. The molecule has 1 aliphatic rings. The standard InChI is InChI=1S/C25H40BrN3O6SSi/c1-16-24(5,18-13-17(26)14-27-19(18)33-7)28-21(36-25(16,6)20(30)31)29(22(32)35-23(2,3)4)15-34-11-12-37(8,9)10/h13-14,16H,11-12,15H2,1-10H3,(H,30,31)/t16-,24-,25-/m0/s1. The van der Waals surface area contributed by atoms with Gasteiger partial charge in [0.15, 0.2) is 5.17 Å². The number of aromatic nitrogens is 1. The topological polar surface area (TPSA) is 111 Å². The molecule has 1 aliphatic heterocycles. The molecule has 1 aromatic heterocycles. The van der Waals surface area contributed by atoms with Gasteiger partial charge >= 0.3 is 12.1 Å². The molecule has 0 aromatic carbocycles. The summed E-state index contributed by atoms with van der Waals surface area (Å²) in [5, 5.41) is 10.6. The highest BCUT2D eigenvalue weighted by Gasteiger charge is 2.56. The summed E-state index contributed by atoms with van der Waals surface area (Å²) < 4.78 is 16.5. The molecule has 0 radical (unpaired) electrons. The summed E-state index contributed by atoms with van der Waals surface area (Å²) in [5.74, 6) is -1.20. The van der Waals surface area contributed by atoms with E-state index in [4.69, 9.17) is 19.2 Å². The van der Waals surface area contributed by atoms with Gasteiger partial charge in [0.25, 0.3) is 0 Å². The van der Waals surface area contributed by atoms with Crippen molar-refractivity contribution in [3.05, 3.63) is 22.3 Å². The average Bonchev–Trinajstić information content (AvgIpc) is 2.75. The monoisotopic (exact) mass is 617 g/mol. The number of carboxylic acids is 1. The Labute approximate surface area is 233 Å². The van der Waals surface area contributed by atoms with Crippen LogP contribution in [0.3, 0.4) is 0 Å². The fraction of sp³-hybridized carbons (Fsp3) is 0.680. The molecule has 1 aromatic rings. The van der Waals surface area contributed by atoms with Crippen molar-refractivity contribution < 1.29 is 28.9 Å². The number of ether oxygens (including phenoxy) is 3. The molecule has 0 unspecified atom stereocenters. The first-order valence-electron chi connectivity index (χ1n) is 12.1. The maximum absolute atomic E-state index is 13.4. The molecule has 12 heteroatoms. The van der Waals surface area contributed by atoms with Crippen LogP contribution in [0.5, 0.6) is 5.88 Å². The molecule has 37 heavy (non-hydrogen) atoms. The minimum absolute atomic E-state index is 0.112. The van der Waals surface area contributed by atoms with Crippen LogP contribution in [0.1, 0.15) is 47.1 Å². The fourth-order valence-electron chi connectivity index (χ4n) is 3.76. The van der Waals surface area contributed by atoms with Gasteiger partial charge in [0.05, 0.1) is 12.6 Å². The highest BCUT2D eigenvalue weighted by Crippen LogP contribution is 2.52. The van der Waals surface area contributed by atoms with Crippen molar-refractivity contribution >= 4 is 53.0 Å². The smallest absolute Gasteiger partial charge is 0.418 e. The number of aliphatic carboxylic acids is 1. The summed E-state index contributed by atoms with van der Waals surface area (Å²) in [6.07, 6.45) is 0.949. The molecule has 0 fully saturated rings. The maximum atomic E-state index is 13.4. The van der Waals surface area contributed by atoms with Crippen molar-refractivity contribution in [1.29, 1.82) is 0 Å². The lowest BCUT2D eigenvalue weighted by Gasteiger charge is -2.46. The first-order chi connectivity index (χ1) is 16.8. The van der Waals surface area contributed by atoms with Crippen molar-refractivity contribution in [2.75, 3.05) is 20.4 Å². The number of methoxy groups -OCH3 is 1. The van der Waals surface area contributed by atoms with E-state index in [0.717, 1.165) is 17.8 Å². The number of hydrogen-bond donors (Lipinski definition) is 1. The number of nitrogens with zero attached hydrogens (tertiary/aromatic N) is 3. The van der Waals surface area contributed by atoms with Gasteiger partial charge in [-0.2, -0.15) is 0 Å². The minimum atomic E-state index is -1.36. The zero-order chi connectivity index (χ0) is 28.4. The minimum Gasteiger partial charge on any atom is -0.481 e. The summed E-state index contributed by atoms with van der Waals surface area (Å²) in [4.78, 5) is 36.7. The van der Waals surface area contributed by atoms with Crippen molar-refractivity contribution in [3.8, 4) is 5.88 Å². The molecule has 2 heterocycles. The van der Waals surface area contributed by atoms with E-state index in [1.54, 1.807) is 33.9 Å². The number of amidine groups is 1. The fourth-order valence-corrected chi connectivity index (χ4v) is 6.19. The molecule has 0 spiro atoms. The van der Waals surface area contributed by atoms with Gasteiger partial charge in [-0.1, -0.05) is 38.3 Å². The summed E-state index contributed by atoms with van der Waals surface area (Å²) >= 11 is 4.48. The van der Waals surface area contributed by atoms with Crippen LogP contribution >= 0.6 is 27.7 Å². The van der Waals surface area contributed by atoms with Crippen LogP contribution in [0, 0.1) is 5.92 Å². The molecular formula is C25H40BrN3O6SSi. The van der Waals surface area contributed by atoms with Crippen molar-refractivity contribution in [3.63, 3.8) is 0 Å². The second-order valence-corrected chi connectivity index (χ2v) is 19.7. The van der Waals surface area contributed by atoms with E-state index in [1.807, 2.05) is 19.9 Å². The Morgan fingerprint density at radius 1 is 1.27 bits per heavy atom. The number of rotatable bonds is 8. The number of halogens is 1. The Balaban J connectivity index is 2.66. The van der Waals surface area contributed by atoms with Crippen LogP contribution < -0.4 is 4.74 Å². The lowest BCUT2D eigenvalue weighted by atomic mass is 9.74. The predicted molar refractivity (Wildman–Crippen MR) is 153 cm³/mol. The van der Waals surface area contributed by atoms with Gasteiger partial charge in [-0.15, -0.1) is 0 Å². The zero-order valence-corrected chi connectivity index (χ0v) is 26.9. The molecule has 1 N–H and O–H groups in total. The van der Waals surface area contributed by atoms with Crippen LogP contribution in [-0.4, -0.2) is 71.1 Å². The van der Waals surface area contributed by atoms with Crippen LogP contribution in [0.25, 0.3) is 0 Å². The van der Waals surface area contributed by atoms with Crippen molar-refractivity contribution in [2.24, 2.45) is 10.9 Å². The SMILES string of the molecule is COc1ncc(Br)cc1[C@@]1(C)N=C(N(COCC[Si](C)(C)C)C(=O)OC(C)(C)C)S[C@](C)(C(=O)O)[C@H]1C. The second kappa shape index (κ2) is 11.6. The second-order valence-electron chi connectivity index (χ2n) is 11.7. The molecule has 208 valence electrons. The third-order valence-electron chi connectivity index (χ3n) is 6.34. The summed E-state index contributed by atoms with van der Waals surface area (Å²) in [6, 6.07) is 2.74. The number of thioether (sulfide) groups is 1. The molecule has 0 aliphatic carbocycles. The Morgan fingerprint density at radius 2 is 1.89 bits per heavy atom. The van der Waals surface area contributed by atoms with Crippen molar-refractivity contribution in [1.82, 2.24) is 9.88 Å².